The van der Waals surface area contributed by atoms with Crippen LogP contribution in [-0.2, 0) is 4.79 Å². The van der Waals surface area contributed by atoms with Gasteiger partial charge in [0.15, 0.2) is 0 Å². The Hall–Kier alpha value is -0.870. The maximum absolute atomic E-state index is 12.1. The second-order valence-electron chi connectivity index (χ2n) is 5.57. The van der Waals surface area contributed by atoms with Crippen molar-refractivity contribution in [1.82, 2.24) is 10.6 Å². The van der Waals surface area contributed by atoms with E-state index in [1.165, 1.54) is 17.7 Å². The van der Waals surface area contributed by atoms with Crippen LogP contribution >= 0.6 is 11.3 Å². The molecule has 1 fully saturated rings. The van der Waals surface area contributed by atoms with Crippen molar-refractivity contribution in [3.05, 3.63) is 22.4 Å². The van der Waals surface area contributed by atoms with Crippen LogP contribution in [0.1, 0.15) is 44.0 Å². The van der Waals surface area contributed by atoms with Crippen molar-refractivity contribution in [2.45, 2.75) is 39.2 Å². The van der Waals surface area contributed by atoms with E-state index in [-0.39, 0.29) is 11.9 Å². The summed E-state index contributed by atoms with van der Waals surface area (Å²) in [5, 5.41) is 8.53. The summed E-state index contributed by atoms with van der Waals surface area (Å²) in [7, 11) is 0. The molecule has 0 aliphatic carbocycles. The van der Waals surface area contributed by atoms with Crippen molar-refractivity contribution in [3.8, 4) is 0 Å². The van der Waals surface area contributed by atoms with Crippen molar-refractivity contribution in [1.29, 1.82) is 0 Å². The Labute approximate surface area is 119 Å². The first kappa shape index (κ1) is 14.5. The van der Waals surface area contributed by atoms with Crippen molar-refractivity contribution in [2.75, 3.05) is 13.1 Å². The molecule has 4 heteroatoms. The molecule has 0 aromatic carbocycles. The lowest BCUT2D eigenvalue weighted by Gasteiger charge is -2.28. The summed E-state index contributed by atoms with van der Waals surface area (Å²) in [6.45, 7) is 6.47. The summed E-state index contributed by atoms with van der Waals surface area (Å²) < 4.78 is 0. The number of nitrogens with one attached hydrogen (secondary N) is 2. The molecule has 106 valence electrons. The fraction of sp³-hybridized carbons (Fsp3) is 0.667. The van der Waals surface area contributed by atoms with Gasteiger partial charge in [-0.15, -0.1) is 11.3 Å². The first-order valence-electron chi connectivity index (χ1n) is 7.20. The first-order chi connectivity index (χ1) is 9.16. The minimum absolute atomic E-state index is 0.132. The Bertz CT molecular complexity index is 385. The van der Waals surface area contributed by atoms with Crippen LogP contribution in [0.15, 0.2) is 17.5 Å². The van der Waals surface area contributed by atoms with Crippen LogP contribution in [-0.4, -0.2) is 19.0 Å². The fourth-order valence-electron chi connectivity index (χ4n) is 2.78. The Kier molecular flexibility index (Phi) is 5.40. The molecule has 1 aromatic rings. The molecule has 1 aliphatic rings. The van der Waals surface area contributed by atoms with E-state index in [1.807, 2.05) is 6.07 Å². The van der Waals surface area contributed by atoms with Gasteiger partial charge in [-0.2, -0.15) is 0 Å². The third-order valence-electron chi connectivity index (χ3n) is 4.04. The molecule has 0 radical (unpaired) electrons. The number of rotatable bonds is 5. The SMILES string of the molecule is CC(NC(=O)CC(C)C1CCNCC1)c1cccs1. The summed E-state index contributed by atoms with van der Waals surface area (Å²) in [4.78, 5) is 13.3. The molecule has 0 bridgehead atoms. The lowest BCUT2D eigenvalue weighted by molar-refractivity contribution is -0.123. The first-order valence-corrected chi connectivity index (χ1v) is 8.08. The van der Waals surface area contributed by atoms with Gasteiger partial charge in [-0.3, -0.25) is 4.79 Å². The minimum Gasteiger partial charge on any atom is -0.349 e. The molecule has 2 unspecified atom stereocenters. The second-order valence-corrected chi connectivity index (χ2v) is 6.55. The van der Waals surface area contributed by atoms with Crippen LogP contribution in [0.4, 0.5) is 0 Å². The Morgan fingerprint density at radius 1 is 1.47 bits per heavy atom. The molecule has 2 rings (SSSR count). The van der Waals surface area contributed by atoms with Crippen molar-refractivity contribution < 1.29 is 4.79 Å². The molecule has 2 N–H and O–H groups in total. The quantitative estimate of drug-likeness (QED) is 0.870. The monoisotopic (exact) mass is 280 g/mol. The van der Waals surface area contributed by atoms with Crippen LogP contribution < -0.4 is 10.6 Å². The standard InChI is InChI=1S/C15H24N2OS/c1-11(13-5-7-16-8-6-13)10-15(18)17-12(2)14-4-3-9-19-14/h3-4,9,11-13,16H,5-8,10H2,1-2H3,(H,17,18). The summed E-state index contributed by atoms with van der Waals surface area (Å²) in [6, 6.07) is 4.24. The van der Waals surface area contributed by atoms with Gasteiger partial charge in [-0.05, 0) is 56.1 Å². The highest BCUT2D eigenvalue weighted by Crippen LogP contribution is 2.25. The van der Waals surface area contributed by atoms with E-state index in [2.05, 4.69) is 35.9 Å². The van der Waals surface area contributed by atoms with Crippen LogP contribution in [0, 0.1) is 11.8 Å². The van der Waals surface area contributed by atoms with Crippen LogP contribution in [0.25, 0.3) is 0 Å². The average Bonchev–Trinajstić information content (AvgIpc) is 2.93. The van der Waals surface area contributed by atoms with E-state index in [9.17, 15) is 4.79 Å². The summed E-state index contributed by atoms with van der Waals surface area (Å²) in [6.07, 6.45) is 3.06. The molecule has 19 heavy (non-hydrogen) atoms. The molecule has 0 saturated carbocycles. The number of hydrogen-bond acceptors (Lipinski definition) is 3. The normalized spacial score (nSPS) is 19.9. The van der Waals surface area contributed by atoms with Crippen molar-refractivity contribution in [3.63, 3.8) is 0 Å². The highest BCUT2D eigenvalue weighted by Gasteiger charge is 2.22. The van der Waals surface area contributed by atoms with E-state index < -0.39 is 0 Å². The Morgan fingerprint density at radius 3 is 2.84 bits per heavy atom. The van der Waals surface area contributed by atoms with Crippen LogP contribution in [0.3, 0.4) is 0 Å². The van der Waals surface area contributed by atoms with Gasteiger partial charge in [0, 0.05) is 11.3 Å². The third-order valence-corrected chi connectivity index (χ3v) is 5.10. The number of piperidine rings is 1. The van der Waals surface area contributed by atoms with Gasteiger partial charge in [0.1, 0.15) is 0 Å². The van der Waals surface area contributed by atoms with Gasteiger partial charge >= 0.3 is 0 Å². The molecule has 1 aromatic heterocycles. The zero-order chi connectivity index (χ0) is 13.7. The molecule has 2 heterocycles. The van der Waals surface area contributed by atoms with Crippen molar-refractivity contribution in [2.24, 2.45) is 11.8 Å². The zero-order valence-corrected chi connectivity index (χ0v) is 12.6. The van der Waals surface area contributed by atoms with E-state index >= 15 is 0 Å². The maximum Gasteiger partial charge on any atom is 0.220 e. The van der Waals surface area contributed by atoms with Gasteiger partial charge in [0.25, 0.3) is 0 Å². The van der Waals surface area contributed by atoms with E-state index in [4.69, 9.17) is 0 Å². The Balaban J connectivity index is 1.77. The predicted octanol–water partition coefficient (Wildman–Crippen LogP) is 2.95. The largest absolute Gasteiger partial charge is 0.349 e. The summed E-state index contributed by atoms with van der Waals surface area (Å²) in [5.74, 6) is 1.37. The van der Waals surface area contributed by atoms with Crippen LogP contribution in [0.5, 0.6) is 0 Å². The van der Waals surface area contributed by atoms with E-state index in [0.29, 0.717) is 18.3 Å². The third kappa shape index (κ3) is 4.32. The topological polar surface area (TPSA) is 41.1 Å². The lowest BCUT2D eigenvalue weighted by atomic mass is 9.84. The van der Waals surface area contributed by atoms with Gasteiger partial charge in [0.05, 0.1) is 6.04 Å². The lowest BCUT2D eigenvalue weighted by Crippen LogP contribution is -2.34. The highest BCUT2D eigenvalue weighted by atomic mass is 32.1. The predicted molar refractivity (Wildman–Crippen MR) is 80.3 cm³/mol. The second kappa shape index (κ2) is 7.06. The van der Waals surface area contributed by atoms with E-state index in [1.54, 1.807) is 11.3 Å². The van der Waals surface area contributed by atoms with E-state index in [0.717, 1.165) is 13.1 Å². The molecule has 1 saturated heterocycles. The Morgan fingerprint density at radius 2 is 2.21 bits per heavy atom. The highest BCUT2D eigenvalue weighted by molar-refractivity contribution is 7.10. The number of thiophene rings is 1. The molecule has 0 spiro atoms. The zero-order valence-electron chi connectivity index (χ0n) is 11.8. The fourth-order valence-corrected chi connectivity index (χ4v) is 3.52. The smallest absolute Gasteiger partial charge is 0.220 e. The molecule has 3 nitrogen and oxygen atoms in total. The van der Waals surface area contributed by atoms with Crippen molar-refractivity contribution >= 4 is 17.2 Å². The van der Waals surface area contributed by atoms with Gasteiger partial charge < -0.3 is 10.6 Å². The average molecular weight is 280 g/mol. The molecular weight excluding hydrogens is 256 g/mol. The maximum atomic E-state index is 12.1. The van der Waals surface area contributed by atoms with Crippen LogP contribution in [0.2, 0.25) is 0 Å². The van der Waals surface area contributed by atoms with Gasteiger partial charge in [-0.1, -0.05) is 13.0 Å². The number of amides is 1. The summed E-state index contributed by atoms with van der Waals surface area (Å²) in [5.41, 5.74) is 0. The molecule has 1 aliphatic heterocycles. The molecule has 2 atom stereocenters. The number of hydrogen-bond donors (Lipinski definition) is 2. The van der Waals surface area contributed by atoms with Gasteiger partial charge in [0.2, 0.25) is 5.91 Å². The molecular formula is C15H24N2OS. The molecule has 1 amide bonds. The van der Waals surface area contributed by atoms with Gasteiger partial charge in [-0.25, -0.2) is 0 Å². The summed E-state index contributed by atoms with van der Waals surface area (Å²) >= 11 is 1.70. The number of carbonyl (C=O) groups excluding carboxylic acids is 1. The number of carbonyl (C=O) groups is 1. The minimum atomic E-state index is 0.132.